The minimum atomic E-state index is 0.619. The predicted molar refractivity (Wildman–Crippen MR) is 92.2 cm³/mol. The fourth-order valence-corrected chi connectivity index (χ4v) is 2.29. The van der Waals surface area contributed by atoms with Crippen molar-refractivity contribution in [3.05, 3.63) is 42.4 Å². The van der Waals surface area contributed by atoms with E-state index in [2.05, 4.69) is 28.3 Å². The first-order valence-electron chi connectivity index (χ1n) is 8.13. The van der Waals surface area contributed by atoms with Crippen molar-refractivity contribution >= 4 is 5.82 Å². The van der Waals surface area contributed by atoms with Gasteiger partial charge in [0.25, 0.3) is 0 Å². The number of benzene rings is 1. The number of para-hydroxylation sites is 1. The van der Waals surface area contributed by atoms with Crippen LogP contribution in [0.4, 0.5) is 5.82 Å². The lowest BCUT2D eigenvalue weighted by Crippen LogP contribution is -2.07. The third kappa shape index (κ3) is 5.43. The van der Waals surface area contributed by atoms with Crippen LogP contribution in [0.2, 0.25) is 0 Å². The molecule has 0 aliphatic carbocycles. The fourth-order valence-electron chi connectivity index (χ4n) is 2.29. The average Bonchev–Trinajstić information content (AvgIpc) is 2.60. The SMILES string of the molecule is CCCCNc1ncncc1OCCCc1ccccc1OC. The van der Waals surface area contributed by atoms with Crippen molar-refractivity contribution < 1.29 is 9.47 Å². The van der Waals surface area contributed by atoms with Gasteiger partial charge in [-0.1, -0.05) is 31.5 Å². The molecule has 124 valence electrons. The van der Waals surface area contributed by atoms with Crippen molar-refractivity contribution in [2.75, 3.05) is 25.6 Å². The summed E-state index contributed by atoms with van der Waals surface area (Å²) < 4.78 is 11.2. The molecule has 0 aliphatic heterocycles. The maximum atomic E-state index is 5.83. The van der Waals surface area contributed by atoms with E-state index >= 15 is 0 Å². The Morgan fingerprint density at radius 2 is 2.00 bits per heavy atom. The lowest BCUT2D eigenvalue weighted by Gasteiger charge is -2.12. The lowest BCUT2D eigenvalue weighted by molar-refractivity contribution is 0.309. The summed E-state index contributed by atoms with van der Waals surface area (Å²) in [5.74, 6) is 2.41. The molecule has 2 aromatic rings. The van der Waals surface area contributed by atoms with E-state index in [1.807, 2.05) is 18.2 Å². The Morgan fingerprint density at radius 3 is 2.83 bits per heavy atom. The molecular weight excluding hydrogens is 290 g/mol. The van der Waals surface area contributed by atoms with E-state index in [0.717, 1.165) is 43.8 Å². The number of nitrogens with one attached hydrogen (secondary N) is 1. The molecule has 0 saturated carbocycles. The van der Waals surface area contributed by atoms with Crippen molar-refractivity contribution in [1.82, 2.24) is 9.97 Å². The summed E-state index contributed by atoms with van der Waals surface area (Å²) in [7, 11) is 1.70. The average molecular weight is 315 g/mol. The van der Waals surface area contributed by atoms with Crippen LogP contribution in [-0.2, 0) is 6.42 Å². The Morgan fingerprint density at radius 1 is 1.13 bits per heavy atom. The summed E-state index contributed by atoms with van der Waals surface area (Å²) in [4.78, 5) is 8.29. The van der Waals surface area contributed by atoms with Crippen molar-refractivity contribution in [3.63, 3.8) is 0 Å². The van der Waals surface area contributed by atoms with Gasteiger partial charge in [-0.15, -0.1) is 0 Å². The van der Waals surface area contributed by atoms with Crippen LogP contribution in [-0.4, -0.2) is 30.2 Å². The zero-order valence-corrected chi connectivity index (χ0v) is 13.9. The Labute approximate surface area is 138 Å². The van der Waals surface area contributed by atoms with Crippen molar-refractivity contribution in [3.8, 4) is 11.5 Å². The summed E-state index contributed by atoms with van der Waals surface area (Å²) in [5.41, 5.74) is 1.20. The topological polar surface area (TPSA) is 56.3 Å². The molecule has 23 heavy (non-hydrogen) atoms. The predicted octanol–water partition coefficient (Wildman–Crippen LogP) is 3.71. The number of unbranched alkanes of at least 4 members (excludes halogenated alkanes) is 1. The minimum Gasteiger partial charge on any atom is -0.496 e. The highest BCUT2D eigenvalue weighted by Gasteiger charge is 2.06. The highest BCUT2D eigenvalue weighted by Crippen LogP contribution is 2.21. The van der Waals surface area contributed by atoms with Crippen molar-refractivity contribution in [2.24, 2.45) is 0 Å². The quantitative estimate of drug-likeness (QED) is 0.677. The molecule has 1 aromatic heterocycles. The monoisotopic (exact) mass is 315 g/mol. The molecule has 0 aliphatic rings. The minimum absolute atomic E-state index is 0.619. The zero-order valence-electron chi connectivity index (χ0n) is 13.9. The summed E-state index contributed by atoms with van der Waals surface area (Å²) >= 11 is 0. The van der Waals surface area contributed by atoms with Crippen LogP contribution >= 0.6 is 0 Å². The van der Waals surface area contributed by atoms with Gasteiger partial charge in [-0.25, -0.2) is 9.97 Å². The first-order valence-corrected chi connectivity index (χ1v) is 8.13. The van der Waals surface area contributed by atoms with Crippen LogP contribution in [0.25, 0.3) is 0 Å². The van der Waals surface area contributed by atoms with Crippen molar-refractivity contribution in [1.29, 1.82) is 0 Å². The first kappa shape index (κ1) is 17.1. The van der Waals surface area contributed by atoms with Crippen LogP contribution in [0.5, 0.6) is 11.5 Å². The summed E-state index contributed by atoms with van der Waals surface area (Å²) in [6.45, 7) is 3.68. The van der Waals surface area contributed by atoms with E-state index in [-0.39, 0.29) is 0 Å². The van der Waals surface area contributed by atoms with Gasteiger partial charge in [0.2, 0.25) is 0 Å². The smallest absolute Gasteiger partial charge is 0.179 e. The second-order valence-corrected chi connectivity index (χ2v) is 5.28. The van der Waals surface area contributed by atoms with Gasteiger partial charge in [0.05, 0.1) is 19.9 Å². The molecule has 0 radical (unpaired) electrons. The summed E-state index contributed by atoms with van der Waals surface area (Å²) in [5, 5.41) is 3.29. The summed E-state index contributed by atoms with van der Waals surface area (Å²) in [6, 6.07) is 8.08. The number of hydrogen-bond acceptors (Lipinski definition) is 5. The van der Waals surface area contributed by atoms with E-state index in [1.54, 1.807) is 13.3 Å². The molecular formula is C18H25N3O2. The van der Waals surface area contributed by atoms with Gasteiger partial charge in [-0.2, -0.15) is 0 Å². The number of methoxy groups -OCH3 is 1. The maximum absolute atomic E-state index is 5.83. The van der Waals surface area contributed by atoms with Crippen LogP contribution in [0.3, 0.4) is 0 Å². The Bertz CT molecular complexity index is 590. The molecule has 0 unspecified atom stereocenters. The number of anilines is 1. The Balaban J connectivity index is 1.82. The number of aryl methyl sites for hydroxylation is 1. The van der Waals surface area contributed by atoms with Gasteiger partial charge < -0.3 is 14.8 Å². The number of hydrogen-bond donors (Lipinski definition) is 1. The molecule has 1 N–H and O–H groups in total. The molecule has 1 heterocycles. The lowest BCUT2D eigenvalue weighted by atomic mass is 10.1. The first-order chi connectivity index (χ1) is 11.3. The molecule has 0 amide bonds. The van der Waals surface area contributed by atoms with E-state index in [4.69, 9.17) is 9.47 Å². The number of nitrogens with zero attached hydrogens (tertiary/aromatic N) is 2. The molecule has 0 atom stereocenters. The second kappa shape index (κ2) is 9.66. The molecule has 5 heteroatoms. The van der Waals surface area contributed by atoms with E-state index in [0.29, 0.717) is 12.4 Å². The largest absolute Gasteiger partial charge is 0.496 e. The molecule has 0 saturated heterocycles. The zero-order chi connectivity index (χ0) is 16.3. The molecule has 5 nitrogen and oxygen atoms in total. The van der Waals surface area contributed by atoms with Crippen molar-refractivity contribution in [2.45, 2.75) is 32.6 Å². The third-order valence-electron chi connectivity index (χ3n) is 3.54. The van der Waals surface area contributed by atoms with Gasteiger partial charge in [0.1, 0.15) is 12.1 Å². The standard InChI is InChI=1S/C18H25N3O2/c1-3-4-11-20-18-17(13-19-14-21-18)23-12-7-9-15-8-5-6-10-16(15)22-2/h5-6,8,10,13-14H,3-4,7,9,11-12H2,1-2H3,(H,19,20,21). The van der Waals surface area contributed by atoms with E-state index in [1.165, 1.54) is 11.9 Å². The fraction of sp³-hybridized carbons (Fsp3) is 0.444. The van der Waals surface area contributed by atoms with Gasteiger partial charge in [-0.3, -0.25) is 0 Å². The third-order valence-corrected chi connectivity index (χ3v) is 3.54. The molecule has 0 fully saturated rings. The second-order valence-electron chi connectivity index (χ2n) is 5.28. The highest BCUT2D eigenvalue weighted by molar-refractivity contribution is 5.47. The maximum Gasteiger partial charge on any atom is 0.179 e. The molecule has 0 spiro atoms. The van der Waals surface area contributed by atoms with Crippen LogP contribution in [0.1, 0.15) is 31.7 Å². The van der Waals surface area contributed by atoms with E-state index < -0.39 is 0 Å². The Kier molecular flexibility index (Phi) is 7.17. The Hall–Kier alpha value is -2.30. The number of ether oxygens (including phenoxy) is 2. The number of rotatable bonds is 10. The molecule has 0 bridgehead atoms. The van der Waals surface area contributed by atoms with Gasteiger partial charge >= 0.3 is 0 Å². The van der Waals surface area contributed by atoms with Gasteiger partial charge in [0, 0.05) is 6.54 Å². The van der Waals surface area contributed by atoms with Gasteiger partial charge in [0.15, 0.2) is 11.6 Å². The van der Waals surface area contributed by atoms with Gasteiger partial charge in [-0.05, 0) is 30.9 Å². The van der Waals surface area contributed by atoms with Crippen LogP contribution in [0.15, 0.2) is 36.8 Å². The summed E-state index contributed by atoms with van der Waals surface area (Å²) in [6.07, 6.45) is 7.32. The highest BCUT2D eigenvalue weighted by atomic mass is 16.5. The van der Waals surface area contributed by atoms with E-state index in [9.17, 15) is 0 Å². The normalized spacial score (nSPS) is 10.3. The molecule has 2 rings (SSSR count). The van der Waals surface area contributed by atoms with Crippen LogP contribution in [0, 0.1) is 0 Å². The van der Waals surface area contributed by atoms with Crippen LogP contribution < -0.4 is 14.8 Å². The molecule has 1 aromatic carbocycles. The number of aromatic nitrogens is 2.